The van der Waals surface area contributed by atoms with Gasteiger partial charge in [-0.05, 0) is 67.4 Å². The zero-order valence-electron chi connectivity index (χ0n) is 32.3. The van der Waals surface area contributed by atoms with Gasteiger partial charge in [-0.15, -0.1) is 0 Å². The lowest BCUT2D eigenvalue weighted by molar-refractivity contribution is -0.459. The maximum atomic E-state index is 14.0. The highest BCUT2D eigenvalue weighted by Crippen LogP contribution is 2.75. The molecule has 4 saturated heterocycles. The van der Waals surface area contributed by atoms with E-state index in [1.54, 1.807) is 54.6 Å². The summed E-state index contributed by atoms with van der Waals surface area (Å²) < 4.78 is 40.4. The minimum Gasteiger partial charge on any atom is -0.462 e. The molecule has 2 aromatic carbocycles. The van der Waals surface area contributed by atoms with Gasteiger partial charge in [-0.3, -0.25) is 0 Å². The first kappa shape index (κ1) is 38.3. The van der Waals surface area contributed by atoms with E-state index in [0.717, 1.165) is 25.7 Å². The average molecular weight is 775 g/mol. The molecule has 4 N–H and O–H groups in total. The predicted molar refractivity (Wildman–Crippen MR) is 199 cm³/mol. The number of hydrogen-bond donors (Lipinski definition) is 4. The van der Waals surface area contributed by atoms with Crippen LogP contribution in [0.5, 0.6) is 0 Å². The van der Waals surface area contributed by atoms with Crippen molar-refractivity contribution in [1.29, 1.82) is 0 Å². The Balaban J connectivity index is 1.28. The fraction of sp³-hybridized carbons (Fsp3) is 0.636. The van der Waals surface area contributed by atoms with E-state index >= 15 is 0 Å². The molecule has 9 rings (SSSR count). The summed E-state index contributed by atoms with van der Waals surface area (Å²) in [5, 5.41) is 50.1. The lowest BCUT2D eigenvalue weighted by atomic mass is 9.51. The second-order valence-electron chi connectivity index (χ2n) is 17.8. The van der Waals surface area contributed by atoms with E-state index < -0.39 is 107 Å². The monoisotopic (exact) mass is 774 g/mol. The van der Waals surface area contributed by atoms with Crippen LogP contribution in [-0.2, 0) is 28.4 Å². The normalized spacial score (nSPS) is 47.3. The van der Waals surface area contributed by atoms with Crippen LogP contribution in [0.1, 0.15) is 86.4 Å². The molecule has 2 spiro atoms. The number of aliphatic hydroxyl groups is 4. The van der Waals surface area contributed by atoms with E-state index in [-0.39, 0.29) is 24.5 Å². The summed E-state index contributed by atoms with van der Waals surface area (Å²) in [6.45, 7) is 9.43. The van der Waals surface area contributed by atoms with Crippen molar-refractivity contribution in [2.45, 2.75) is 125 Å². The van der Waals surface area contributed by atoms with E-state index in [4.69, 9.17) is 28.4 Å². The number of hydrogen-bond acceptors (Lipinski definition) is 12. The molecule has 3 aliphatic carbocycles. The molecule has 2 unspecified atom stereocenters. The van der Waals surface area contributed by atoms with Gasteiger partial charge in [0.05, 0.1) is 29.9 Å². The fourth-order valence-corrected chi connectivity index (χ4v) is 12.4. The minimum absolute atomic E-state index is 0.0865. The standard InChI is InChI=1S/C44H54O12/c1-24(2)40-21-29(22-51-37(47)27-16-10-7-11-17-27)43-32-35(40)54-44(55-40,56-43)30(46)20-14-6-5-9-15-25(3)31-26(4)34(52-38(48)28-18-12-8-13-19-28)42(50,33(31)43)39(49)41(23-45)36(32)53-41/h7-8,10-13,16-19,25-26,29-36,39,45-46,49-50H,1,5-6,9,14-15,20-23H2,2-4H3/t25-,26+,29+,30?,31+,32-,33-,34+,35-,36+,39-,40+,41+,42-,43-,44?/m1/s1. The van der Waals surface area contributed by atoms with Crippen molar-refractivity contribution in [2.75, 3.05) is 13.2 Å². The first-order chi connectivity index (χ1) is 26.8. The minimum atomic E-state index is -2.27. The van der Waals surface area contributed by atoms with Crippen molar-refractivity contribution in [3.05, 3.63) is 83.9 Å². The van der Waals surface area contributed by atoms with Gasteiger partial charge in [-0.2, -0.15) is 0 Å². The molecule has 3 bridgehead atoms. The Morgan fingerprint density at radius 3 is 2.16 bits per heavy atom. The Bertz CT molecular complexity index is 1860. The molecule has 12 heteroatoms. The van der Waals surface area contributed by atoms with Gasteiger partial charge in [-0.25, -0.2) is 9.59 Å². The molecule has 4 heterocycles. The first-order valence-corrected chi connectivity index (χ1v) is 20.4. The molecule has 3 saturated carbocycles. The summed E-state index contributed by atoms with van der Waals surface area (Å²) in [5.74, 6) is -6.91. The van der Waals surface area contributed by atoms with Gasteiger partial charge in [0.2, 0.25) is 0 Å². The zero-order valence-corrected chi connectivity index (χ0v) is 32.3. The third kappa shape index (κ3) is 5.12. The topological polar surface area (TPSA) is 174 Å². The average Bonchev–Trinajstić information content (AvgIpc) is 3.84. The largest absolute Gasteiger partial charge is 0.462 e. The number of carbonyl (C=O) groups excluding carboxylic acids is 2. The number of rotatable bonds is 7. The number of carbonyl (C=O) groups is 2. The van der Waals surface area contributed by atoms with Crippen molar-refractivity contribution in [3.63, 3.8) is 0 Å². The van der Waals surface area contributed by atoms with Gasteiger partial charge < -0.3 is 48.8 Å². The Morgan fingerprint density at radius 2 is 1.52 bits per heavy atom. The lowest BCUT2D eigenvalue weighted by Crippen LogP contribution is -2.75. The smallest absolute Gasteiger partial charge is 0.338 e. The molecule has 0 aromatic heterocycles. The molecule has 0 amide bonds. The third-order valence-electron chi connectivity index (χ3n) is 14.9. The maximum Gasteiger partial charge on any atom is 0.338 e. The highest BCUT2D eigenvalue weighted by Gasteiger charge is 2.91. The molecule has 4 aliphatic heterocycles. The Kier molecular flexibility index (Phi) is 9.19. The van der Waals surface area contributed by atoms with Crippen LogP contribution in [-0.4, -0.2) is 104 Å². The fourth-order valence-electron chi connectivity index (χ4n) is 12.4. The van der Waals surface area contributed by atoms with E-state index in [1.165, 1.54) is 0 Å². The Hall–Kier alpha value is -3.20. The van der Waals surface area contributed by atoms with Gasteiger partial charge in [0, 0.05) is 17.8 Å². The summed E-state index contributed by atoms with van der Waals surface area (Å²) in [7, 11) is 0. The highest BCUT2D eigenvalue weighted by molar-refractivity contribution is 5.90. The zero-order chi connectivity index (χ0) is 39.4. The van der Waals surface area contributed by atoms with Crippen LogP contribution in [0.25, 0.3) is 0 Å². The van der Waals surface area contributed by atoms with Crippen LogP contribution in [0.4, 0.5) is 0 Å². The quantitative estimate of drug-likeness (QED) is 0.179. The van der Waals surface area contributed by atoms with Gasteiger partial charge in [0.1, 0.15) is 47.3 Å². The molecule has 16 atom stereocenters. The van der Waals surface area contributed by atoms with E-state index in [2.05, 4.69) is 13.5 Å². The van der Waals surface area contributed by atoms with Crippen molar-refractivity contribution in [3.8, 4) is 0 Å². The maximum absolute atomic E-state index is 14.0. The first-order valence-electron chi connectivity index (χ1n) is 20.4. The van der Waals surface area contributed by atoms with Crippen molar-refractivity contribution in [1.82, 2.24) is 0 Å². The number of benzene rings is 2. The van der Waals surface area contributed by atoms with Gasteiger partial charge in [0.15, 0.2) is 0 Å². The lowest BCUT2D eigenvalue weighted by Gasteiger charge is -2.62. The summed E-state index contributed by atoms with van der Waals surface area (Å²) in [4.78, 5) is 27.7. The van der Waals surface area contributed by atoms with Crippen LogP contribution in [0.3, 0.4) is 0 Å². The molecule has 302 valence electrons. The number of ether oxygens (including phenoxy) is 6. The van der Waals surface area contributed by atoms with Gasteiger partial charge >= 0.3 is 17.9 Å². The summed E-state index contributed by atoms with van der Waals surface area (Å²) in [5.41, 5.74) is -5.58. The molecular formula is C44H54O12. The highest BCUT2D eigenvalue weighted by atomic mass is 16.9. The van der Waals surface area contributed by atoms with Crippen molar-refractivity contribution in [2.24, 2.45) is 35.5 Å². The molecule has 7 aliphatic rings. The second-order valence-corrected chi connectivity index (χ2v) is 17.8. The molecule has 2 aromatic rings. The summed E-state index contributed by atoms with van der Waals surface area (Å²) in [6, 6.07) is 17.2. The van der Waals surface area contributed by atoms with Crippen LogP contribution in [0.2, 0.25) is 0 Å². The van der Waals surface area contributed by atoms with Gasteiger partial charge in [-0.1, -0.05) is 88.9 Å². The third-order valence-corrected chi connectivity index (χ3v) is 14.9. The molecule has 0 radical (unpaired) electrons. The van der Waals surface area contributed by atoms with Crippen LogP contribution in [0.15, 0.2) is 72.8 Å². The van der Waals surface area contributed by atoms with E-state index in [1.807, 2.05) is 19.9 Å². The van der Waals surface area contributed by atoms with Crippen LogP contribution < -0.4 is 0 Å². The summed E-state index contributed by atoms with van der Waals surface area (Å²) in [6.07, 6.45) is -1.51. The van der Waals surface area contributed by atoms with Crippen LogP contribution in [0, 0.1) is 35.5 Å². The summed E-state index contributed by atoms with van der Waals surface area (Å²) >= 11 is 0. The Labute approximate surface area is 327 Å². The van der Waals surface area contributed by atoms with Crippen molar-refractivity contribution >= 4 is 11.9 Å². The SMILES string of the molecule is C=C(C)[C@@]12C[C@@H](COC(=O)c3ccccc3)[C@@]34OC5(O[C@@H]1[C@@H]3[C@@H]1O[C@]1(CO)[C@@H](O)[C@@]1(O)[C@H]4[C@H]([C@H](C)[C@@H]1OC(=O)c1ccccc1)[C@H](C)CCCCCCC5O)O2. The van der Waals surface area contributed by atoms with Crippen molar-refractivity contribution < 1.29 is 58.4 Å². The number of fused-ring (bicyclic) bond motifs is 1. The Morgan fingerprint density at radius 1 is 0.875 bits per heavy atom. The molecule has 56 heavy (non-hydrogen) atoms. The number of esters is 2. The predicted octanol–water partition coefficient (Wildman–Crippen LogP) is 4.33. The number of aliphatic hydroxyl groups excluding tert-OH is 3. The second kappa shape index (κ2) is 13.4. The molecular weight excluding hydrogens is 720 g/mol. The number of epoxide rings is 1. The molecule has 7 fully saturated rings. The van der Waals surface area contributed by atoms with E-state index in [0.29, 0.717) is 24.0 Å². The van der Waals surface area contributed by atoms with Gasteiger partial charge in [0.25, 0.3) is 0 Å². The van der Waals surface area contributed by atoms with Crippen LogP contribution >= 0.6 is 0 Å². The van der Waals surface area contributed by atoms with E-state index in [9.17, 15) is 30.0 Å². The molecule has 12 nitrogen and oxygen atoms in total.